The van der Waals surface area contributed by atoms with E-state index in [1.54, 1.807) is 4.90 Å². The molecular formula is C26H37N3O3. The van der Waals surface area contributed by atoms with Gasteiger partial charge in [-0.25, -0.2) is 4.79 Å². The van der Waals surface area contributed by atoms with Gasteiger partial charge in [0.15, 0.2) is 0 Å². The molecule has 6 heteroatoms. The van der Waals surface area contributed by atoms with E-state index < -0.39 is 5.60 Å². The number of aromatic nitrogens is 2. The second-order valence-electron chi connectivity index (χ2n) is 11.7. The van der Waals surface area contributed by atoms with Gasteiger partial charge < -0.3 is 14.2 Å². The molecule has 0 radical (unpaired) electrons. The molecular weight excluding hydrogens is 402 g/mol. The van der Waals surface area contributed by atoms with Crippen LogP contribution in [0.25, 0.3) is 11.4 Å². The van der Waals surface area contributed by atoms with Crippen molar-refractivity contribution in [2.24, 2.45) is 0 Å². The molecule has 1 aliphatic heterocycles. The predicted octanol–water partition coefficient (Wildman–Crippen LogP) is 6.20. The molecule has 2 heterocycles. The number of hydrogen-bond acceptors (Lipinski definition) is 5. The summed E-state index contributed by atoms with van der Waals surface area (Å²) >= 11 is 0. The lowest BCUT2D eigenvalue weighted by Gasteiger charge is -2.42. The van der Waals surface area contributed by atoms with Crippen molar-refractivity contribution in [2.75, 3.05) is 13.1 Å². The van der Waals surface area contributed by atoms with Gasteiger partial charge in [-0.05, 0) is 74.5 Å². The van der Waals surface area contributed by atoms with Crippen LogP contribution in [0.15, 0.2) is 22.7 Å². The third-order valence-electron chi connectivity index (χ3n) is 7.05. The molecule has 1 aliphatic carbocycles. The van der Waals surface area contributed by atoms with E-state index in [0.29, 0.717) is 24.8 Å². The minimum Gasteiger partial charge on any atom is -0.444 e. The Hall–Kier alpha value is -2.37. The average Bonchev–Trinajstić information content (AvgIpc) is 3.20. The standard InChI is InChI=1S/C26H37N3O3/c1-24(2,3)31-23(30)29-14-10-17(11-15-29)22-27-21(28-32-22)18-8-9-19-20(16-18)26(6,7)13-12-25(19,4)5/h8-9,16-17H,10-15H2,1-7H3. The summed E-state index contributed by atoms with van der Waals surface area (Å²) in [6.07, 6.45) is 3.71. The van der Waals surface area contributed by atoms with Crippen molar-refractivity contribution in [2.45, 2.75) is 96.5 Å². The molecule has 0 spiro atoms. The summed E-state index contributed by atoms with van der Waals surface area (Å²) in [5.74, 6) is 1.49. The van der Waals surface area contributed by atoms with Crippen LogP contribution in [-0.4, -0.2) is 39.8 Å². The Bertz CT molecular complexity index is 992. The van der Waals surface area contributed by atoms with Crippen molar-refractivity contribution >= 4 is 6.09 Å². The number of benzene rings is 1. The van der Waals surface area contributed by atoms with E-state index in [1.807, 2.05) is 20.8 Å². The summed E-state index contributed by atoms with van der Waals surface area (Å²) < 4.78 is 11.2. The summed E-state index contributed by atoms with van der Waals surface area (Å²) in [6.45, 7) is 16.3. The highest BCUT2D eigenvalue weighted by Crippen LogP contribution is 2.46. The summed E-state index contributed by atoms with van der Waals surface area (Å²) in [4.78, 5) is 18.8. The fourth-order valence-corrected chi connectivity index (χ4v) is 4.88. The topological polar surface area (TPSA) is 68.5 Å². The van der Waals surface area contributed by atoms with Crippen molar-refractivity contribution in [3.63, 3.8) is 0 Å². The first-order chi connectivity index (χ1) is 14.9. The van der Waals surface area contributed by atoms with Gasteiger partial charge in [0.25, 0.3) is 0 Å². The molecule has 6 nitrogen and oxygen atoms in total. The van der Waals surface area contributed by atoms with Gasteiger partial charge in [-0.15, -0.1) is 0 Å². The quantitative estimate of drug-likeness (QED) is 0.557. The van der Waals surface area contributed by atoms with Crippen molar-refractivity contribution < 1.29 is 14.1 Å². The molecule has 0 saturated carbocycles. The molecule has 1 aromatic carbocycles. The number of likely N-dealkylation sites (tertiary alicyclic amines) is 1. The average molecular weight is 440 g/mol. The summed E-state index contributed by atoms with van der Waals surface area (Å²) in [5.41, 5.74) is 3.68. The monoisotopic (exact) mass is 439 g/mol. The first kappa shape index (κ1) is 22.8. The number of hydrogen-bond donors (Lipinski definition) is 0. The normalized spacial score (nSPS) is 20.7. The largest absolute Gasteiger partial charge is 0.444 e. The van der Waals surface area contributed by atoms with Crippen molar-refractivity contribution in [1.29, 1.82) is 0 Å². The number of piperidine rings is 1. The highest BCUT2D eigenvalue weighted by molar-refractivity contribution is 5.68. The number of nitrogens with zero attached hydrogens (tertiary/aromatic N) is 3. The van der Waals surface area contributed by atoms with E-state index in [4.69, 9.17) is 14.2 Å². The zero-order valence-electron chi connectivity index (χ0n) is 20.6. The van der Waals surface area contributed by atoms with Crippen LogP contribution in [0.1, 0.15) is 97.1 Å². The minimum absolute atomic E-state index is 0.141. The van der Waals surface area contributed by atoms with Crippen LogP contribution in [-0.2, 0) is 15.6 Å². The maximum absolute atomic E-state index is 12.3. The number of amides is 1. The Morgan fingerprint density at radius 2 is 1.69 bits per heavy atom. The van der Waals surface area contributed by atoms with Gasteiger partial charge in [0.1, 0.15) is 5.60 Å². The lowest BCUT2D eigenvalue weighted by atomic mass is 9.63. The molecule has 0 unspecified atom stereocenters. The molecule has 0 N–H and O–H groups in total. The van der Waals surface area contributed by atoms with Gasteiger partial charge >= 0.3 is 6.09 Å². The van der Waals surface area contributed by atoms with E-state index in [-0.39, 0.29) is 22.8 Å². The number of carbonyl (C=O) groups is 1. The molecule has 1 aromatic heterocycles. The molecule has 0 atom stereocenters. The fraction of sp³-hybridized carbons (Fsp3) is 0.654. The lowest BCUT2D eigenvalue weighted by Crippen LogP contribution is -2.41. The number of carbonyl (C=O) groups excluding carboxylic acids is 1. The third kappa shape index (κ3) is 4.55. The summed E-state index contributed by atoms with van der Waals surface area (Å²) in [7, 11) is 0. The Morgan fingerprint density at radius 1 is 1.06 bits per heavy atom. The van der Waals surface area contributed by atoms with E-state index >= 15 is 0 Å². The van der Waals surface area contributed by atoms with Crippen molar-refractivity contribution in [3.05, 3.63) is 35.2 Å². The van der Waals surface area contributed by atoms with Crippen LogP contribution in [0.4, 0.5) is 4.79 Å². The second-order valence-corrected chi connectivity index (χ2v) is 11.7. The van der Waals surface area contributed by atoms with Crippen LogP contribution >= 0.6 is 0 Å². The molecule has 2 aliphatic rings. The van der Waals surface area contributed by atoms with Gasteiger partial charge in [0, 0.05) is 24.6 Å². The molecule has 174 valence electrons. The SMILES string of the molecule is CC(C)(C)OC(=O)N1CCC(c2nc(-c3ccc4c(c3)C(C)(C)CCC4(C)C)no2)CC1. The Kier molecular flexibility index (Phi) is 5.62. The highest BCUT2D eigenvalue weighted by Gasteiger charge is 2.37. The molecule has 1 saturated heterocycles. The number of fused-ring (bicyclic) bond motifs is 1. The van der Waals surface area contributed by atoms with Crippen molar-refractivity contribution in [3.8, 4) is 11.4 Å². The summed E-state index contributed by atoms with van der Waals surface area (Å²) in [5, 5.41) is 4.31. The maximum Gasteiger partial charge on any atom is 0.410 e. The predicted molar refractivity (Wildman–Crippen MR) is 125 cm³/mol. The van der Waals surface area contributed by atoms with Gasteiger partial charge in [-0.2, -0.15) is 4.98 Å². The smallest absolute Gasteiger partial charge is 0.410 e. The third-order valence-corrected chi connectivity index (χ3v) is 7.05. The molecule has 2 aromatic rings. The van der Waals surface area contributed by atoms with Crippen LogP contribution < -0.4 is 0 Å². The first-order valence-corrected chi connectivity index (χ1v) is 11.8. The maximum atomic E-state index is 12.3. The lowest BCUT2D eigenvalue weighted by molar-refractivity contribution is 0.0198. The van der Waals surface area contributed by atoms with Crippen LogP contribution in [0.5, 0.6) is 0 Å². The molecule has 32 heavy (non-hydrogen) atoms. The zero-order valence-corrected chi connectivity index (χ0v) is 20.6. The summed E-state index contributed by atoms with van der Waals surface area (Å²) in [6, 6.07) is 6.64. The minimum atomic E-state index is -0.478. The molecule has 1 fully saturated rings. The van der Waals surface area contributed by atoms with Gasteiger partial charge in [0.2, 0.25) is 11.7 Å². The van der Waals surface area contributed by atoms with Crippen molar-refractivity contribution in [1.82, 2.24) is 15.0 Å². The fourth-order valence-electron chi connectivity index (χ4n) is 4.88. The van der Waals surface area contributed by atoms with Crippen LogP contribution in [0.3, 0.4) is 0 Å². The first-order valence-electron chi connectivity index (χ1n) is 11.8. The highest BCUT2D eigenvalue weighted by atomic mass is 16.6. The van der Waals surface area contributed by atoms with Crippen LogP contribution in [0, 0.1) is 0 Å². The number of ether oxygens (including phenoxy) is 1. The van der Waals surface area contributed by atoms with Crippen LogP contribution in [0.2, 0.25) is 0 Å². The zero-order chi connectivity index (χ0) is 23.3. The second kappa shape index (κ2) is 7.89. The molecule has 4 rings (SSSR count). The van der Waals surface area contributed by atoms with Gasteiger partial charge in [-0.3, -0.25) is 0 Å². The Balaban J connectivity index is 1.48. The van der Waals surface area contributed by atoms with E-state index in [9.17, 15) is 4.79 Å². The molecule has 1 amide bonds. The number of rotatable bonds is 2. The van der Waals surface area contributed by atoms with Gasteiger partial charge in [-0.1, -0.05) is 45.0 Å². The van der Waals surface area contributed by atoms with E-state index in [1.165, 1.54) is 24.0 Å². The Morgan fingerprint density at radius 3 is 2.31 bits per heavy atom. The van der Waals surface area contributed by atoms with E-state index in [0.717, 1.165) is 18.4 Å². The van der Waals surface area contributed by atoms with Gasteiger partial charge in [0.05, 0.1) is 0 Å². The molecule has 0 bridgehead atoms. The Labute approximate surface area is 191 Å². The van der Waals surface area contributed by atoms with E-state index in [2.05, 4.69) is 51.1 Å².